The number of esters is 1. The molecule has 0 spiro atoms. The van der Waals surface area contributed by atoms with Gasteiger partial charge in [-0.25, -0.2) is 4.79 Å². The zero-order chi connectivity index (χ0) is 15.4. The second-order valence-electron chi connectivity index (χ2n) is 4.03. The molecule has 0 radical (unpaired) electrons. The lowest BCUT2D eigenvalue weighted by Crippen LogP contribution is -2.10. The lowest BCUT2D eigenvalue weighted by molar-refractivity contribution is 0.0731. The van der Waals surface area contributed by atoms with Gasteiger partial charge in [-0.3, -0.25) is 0 Å². The Morgan fingerprint density at radius 1 is 0.952 bits per heavy atom. The van der Waals surface area contributed by atoms with Crippen LogP contribution in [0.15, 0.2) is 36.4 Å². The number of rotatable bonds is 4. The highest BCUT2D eigenvalue weighted by Gasteiger charge is 2.17. The molecule has 0 bridgehead atoms. The Morgan fingerprint density at radius 2 is 1.71 bits per heavy atom. The maximum atomic E-state index is 12.2. The second-order valence-corrected chi connectivity index (χ2v) is 4.87. The average Bonchev–Trinajstić information content (AvgIpc) is 2.49. The molecule has 4 nitrogen and oxygen atoms in total. The van der Waals surface area contributed by atoms with Crippen LogP contribution in [0.25, 0.3) is 0 Å². The van der Waals surface area contributed by atoms with Crippen LogP contribution in [0.5, 0.6) is 17.2 Å². The van der Waals surface area contributed by atoms with Crippen molar-refractivity contribution < 1.29 is 19.0 Å². The van der Waals surface area contributed by atoms with Crippen LogP contribution < -0.4 is 14.2 Å². The van der Waals surface area contributed by atoms with E-state index >= 15 is 0 Å². The molecule has 0 N–H and O–H groups in total. The molecule has 21 heavy (non-hydrogen) atoms. The van der Waals surface area contributed by atoms with E-state index in [1.54, 1.807) is 24.3 Å². The first-order valence-electron chi connectivity index (χ1n) is 5.94. The molecule has 6 heteroatoms. The summed E-state index contributed by atoms with van der Waals surface area (Å²) in [5.74, 6) is 0.569. The summed E-state index contributed by atoms with van der Waals surface area (Å²) in [6.45, 7) is 0. The summed E-state index contributed by atoms with van der Waals surface area (Å²) in [6, 6.07) is 9.41. The van der Waals surface area contributed by atoms with E-state index in [2.05, 4.69) is 0 Å². The molecule has 0 aromatic heterocycles. The molecule has 2 aromatic carbocycles. The molecule has 0 fully saturated rings. The van der Waals surface area contributed by atoms with Crippen molar-refractivity contribution in [2.45, 2.75) is 0 Å². The van der Waals surface area contributed by atoms with Gasteiger partial charge in [-0.15, -0.1) is 0 Å². The summed E-state index contributed by atoms with van der Waals surface area (Å²) in [4.78, 5) is 12.2. The Balaban J connectivity index is 2.28. The van der Waals surface area contributed by atoms with Crippen LogP contribution in [0.4, 0.5) is 0 Å². The molecular weight excluding hydrogens is 315 g/mol. The van der Waals surface area contributed by atoms with Crippen LogP contribution in [-0.2, 0) is 0 Å². The summed E-state index contributed by atoms with van der Waals surface area (Å²) < 4.78 is 15.5. The summed E-state index contributed by atoms with van der Waals surface area (Å²) >= 11 is 11.8. The predicted molar refractivity (Wildman–Crippen MR) is 81.0 cm³/mol. The Hall–Kier alpha value is -1.91. The van der Waals surface area contributed by atoms with E-state index in [1.165, 1.54) is 26.4 Å². The van der Waals surface area contributed by atoms with Crippen molar-refractivity contribution in [2.75, 3.05) is 14.2 Å². The van der Waals surface area contributed by atoms with E-state index < -0.39 is 5.97 Å². The van der Waals surface area contributed by atoms with E-state index in [-0.39, 0.29) is 16.3 Å². The molecular formula is C15H12Cl2O4. The van der Waals surface area contributed by atoms with Crippen LogP contribution >= 0.6 is 23.2 Å². The van der Waals surface area contributed by atoms with Crippen LogP contribution in [0, 0.1) is 0 Å². The fourth-order valence-corrected chi connectivity index (χ4v) is 2.13. The van der Waals surface area contributed by atoms with Gasteiger partial charge in [0.05, 0.1) is 19.2 Å². The van der Waals surface area contributed by atoms with Gasteiger partial charge in [0.25, 0.3) is 0 Å². The zero-order valence-electron chi connectivity index (χ0n) is 11.4. The minimum atomic E-state index is -0.585. The van der Waals surface area contributed by atoms with Gasteiger partial charge in [0.1, 0.15) is 22.8 Å². The summed E-state index contributed by atoms with van der Waals surface area (Å²) in [5, 5.41) is 0.713. The highest BCUT2D eigenvalue weighted by molar-refractivity contribution is 6.35. The third-order valence-electron chi connectivity index (χ3n) is 2.73. The van der Waals surface area contributed by atoms with Crippen LogP contribution in [-0.4, -0.2) is 20.2 Å². The van der Waals surface area contributed by atoms with Crippen molar-refractivity contribution in [3.8, 4) is 17.2 Å². The quantitative estimate of drug-likeness (QED) is 0.623. The van der Waals surface area contributed by atoms with Gasteiger partial charge < -0.3 is 14.2 Å². The Kier molecular flexibility index (Phi) is 4.94. The fraction of sp³-hybridized carbons (Fsp3) is 0.133. The number of methoxy groups -OCH3 is 2. The van der Waals surface area contributed by atoms with Crippen LogP contribution in [0.1, 0.15) is 10.4 Å². The zero-order valence-corrected chi connectivity index (χ0v) is 12.9. The number of carbonyl (C=O) groups is 1. The smallest absolute Gasteiger partial charge is 0.347 e. The number of benzene rings is 2. The van der Waals surface area contributed by atoms with E-state index in [4.69, 9.17) is 37.4 Å². The molecule has 0 heterocycles. The van der Waals surface area contributed by atoms with Crippen molar-refractivity contribution in [3.05, 3.63) is 52.0 Å². The van der Waals surface area contributed by atoms with Gasteiger partial charge in [0, 0.05) is 11.1 Å². The topological polar surface area (TPSA) is 44.8 Å². The normalized spacial score (nSPS) is 10.1. The number of hydrogen-bond donors (Lipinski definition) is 0. The standard InChI is InChI=1S/C15H12Cl2O4/c1-19-10-4-5-11(14(8-10)20-2)15(18)21-13-6-3-9(16)7-12(13)17/h3-8H,1-2H3. The molecule has 0 atom stereocenters. The van der Waals surface area contributed by atoms with E-state index in [0.29, 0.717) is 16.5 Å². The van der Waals surface area contributed by atoms with Gasteiger partial charge in [0.2, 0.25) is 0 Å². The highest BCUT2D eigenvalue weighted by Crippen LogP contribution is 2.30. The number of carbonyl (C=O) groups excluding carboxylic acids is 1. The van der Waals surface area contributed by atoms with Crippen LogP contribution in [0.3, 0.4) is 0 Å². The van der Waals surface area contributed by atoms with Crippen molar-refractivity contribution in [3.63, 3.8) is 0 Å². The molecule has 2 rings (SSSR count). The molecule has 0 aliphatic heterocycles. The molecule has 0 saturated heterocycles. The SMILES string of the molecule is COc1ccc(C(=O)Oc2ccc(Cl)cc2Cl)c(OC)c1. The first kappa shape index (κ1) is 15.5. The van der Waals surface area contributed by atoms with Crippen LogP contribution in [0.2, 0.25) is 10.0 Å². The van der Waals surface area contributed by atoms with Crippen molar-refractivity contribution >= 4 is 29.2 Å². The molecule has 0 aliphatic rings. The Labute approximate surface area is 132 Å². The van der Waals surface area contributed by atoms with E-state index in [0.717, 1.165) is 0 Å². The monoisotopic (exact) mass is 326 g/mol. The van der Waals surface area contributed by atoms with Crippen molar-refractivity contribution in [2.24, 2.45) is 0 Å². The lowest BCUT2D eigenvalue weighted by Gasteiger charge is -2.11. The molecule has 0 saturated carbocycles. The molecule has 0 amide bonds. The van der Waals surface area contributed by atoms with Crippen molar-refractivity contribution in [1.29, 1.82) is 0 Å². The first-order chi connectivity index (χ1) is 10.0. The second kappa shape index (κ2) is 6.70. The Morgan fingerprint density at radius 3 is 2.33 bits per heavy atom. The number of halogens is 2. The van der Waals surface area contributed by atoms with Gasteiger partial charge in [-0.2, -0.15) is 0 Å². The minimum Gasteiger partial charge on any atom is -0.497 e. The van der Waals surface area contributed by atoms with Gasteiger partial charge in [0.15, 0.2) is 0 Å². The molecule has 110 valence electrons. The first-order valence-corrected chi connectivity index (χ1v) is 6.70. The fourth-order valence-electron chi connectivity index (χ4n) is 1.68. The third-order valence-corrected chi connectivity index (χ3v) is 3.26. The van der Waals surface area contributed by atoms with E-state index in [1.807, 2.05) is 0 Å². The average molecular weight is 327 g/mol. The predicted octanol–water partition coefficient (Wildman–Crippen LogP) is 4.23. The number of hydrogen-bond acceptors (Lipinski definition) is 4. The van der Waals surface area contributed by atoms with E-state index in [9.17, 15) is 4.79 Å². The molecule has 2 aromatic rings. The maximum absolute atomic E-state index is 12.2. The summed E-state index contributed by atoms with van der Waals surface area (Å²) in [7, 11) is 2.99. The molecule has 0 aliphatic carbocycles. The molecule has 0 unspecified atom stereocenters. The Bertz CT molecular complexity index is 671. The third kappa shape index (κ3) is 3.60. The highest BCUT2D eigenvalue weighted by atomic mass is 35.5. The largest absolute Gasteiger partial charge is 0.497 e. The lowest BCUT2D eigenvalue weighted by atomic mass is 10.2. The number of ether oxygens (including phenoxy) is 3. The minimum absolute atomic E-state index is 0.226. The summed E-state index contributed by atoms with van der Waals surface area (Å²) in [5.41, 5.74) is 0.268. The van der Waals surface area contributed by atoms with Gasteiger partial charge in [-0.05, 0) is 30.3 Å². The van der Waals surface area contributed by atoms with Crippen molar-refractivity contribution in [1.82, 2.24) is 0 Å². The summed E-state index contributed by atoms with van der Waals surface area (Å²) in [6.07, 6.45) is 0. The maximum Gasteiger partial charge on any atom is 0.347 e. The van der Waals surface area contributed by atoms with Gasteiger partial charge in [-0.1, -0.05) is 23.2 Å². The van der Waals surface area contributed by atoms with Gasteiger partial charge >= 0.3 is 5.97 Å².